The van der Waals surface area contributed by atoms with E-state index in [2.05, 4.69) is 11.9 Å². The van der Waals surface area contributed by atoms with Crippen molar-refractivity contribution in [3.63, 3.8) is 0 Å². The average Bonchev–Trinajstić information content (AvgIpc) is 2.63. The zero-order valence-corrected chi connectivity index (χ0v) is 8.75. The van der Waals surface area contributed by atoms with E-state index >= 15 is 0 Å². The summed E-state index contributed by atoms with van der Waals surface area (Å²) in [5.41, 5.74) is 0.842. The number of hydrogen-bond donors (Lipinski definition) is 1. The van der Waals surface area contributed by atoms with Crippen LogP contribution >= 0.6 is 11.6 Å². The van der Waals surface area contributed by atoms with Crippen LogP contribution in [0.5, 0.6) is 5.75 Å². The maximum absolute atomic E-state index is 11.2. The van der Waals surface area contributed by atoms with Crippen molar-refractivity contribution in [2.75, 3.05) is 6.61 Å². The second-order valence-electron chi connectivity index (χ2n) is 3.23. The highest BCUT2D eigenvalue weighted by atomic mass is 35.5. The third-order valence-corrected chi connectivity index (χ3v) is 2.60. The van der Waals surface area contributed by atoms with Crippen molar-refractivity contribution in [2.45, 2.75) is 6.04 Å². The monoisotopic (exact) mass is 223 g/mol. The van der Waals surface area contributed by atoms with E-state index in [1.807, 2.05) is 12.1 Å². The molecule has 0 saturated carbocycles. The minimum Gasteiger partial charge on any atom is -0.491 e. The summed E-state index contributed by atoms with van der Waals surface area (Å²) >= 11 is 6.03. The quantitative estimate of drug-likeness (QED) is 0.780. The predicted octanol–water partition coefficient (Wildman–Crippen LogP) is 2.08. The van der Waals surface area contributed by atoms with E-state index in [0.29, 0.717) is 11.6 Å². The standard InChI is InChI=1S/C11H10ClNO2/c1-2-10(14)13-8-6-15-9-5-3-4-7(12)11(8)9/h2-5,8H,1,6H2,(H,13,14). The molecule has 1 aromatic carbocycles. The van der Waals surface area contributed by atoms with Gasteiger partial charge in [-0.05, 0) is 18.2 Å². The lowest BCUT2D eigenvalue weighted by Gasteiger charge is -2.10. The lowest BCUT2D eigenvalue weighted by atomic mass is 10.1. The molecule has 2 rings (SSSR count). The topological polar surface area (TPSA) is 38.3 Å². The molecule has 0 aliphatic carbocycles. The molecule has 3 nitrogen and oxygen atoms in total. The summed E-state index contributed by atoms with van der Waals surface area (Å²) in [4.78, 5) is 11.2. The van der Waals surface area contributed by atoms with Gasteiger partial charge >= 0.3 is 0 Å². The Labute approximate surface area is 92.7 Å². The fraction of sp³-hybridized carbons (Fsp3) is 0.182. The Kier molecular flexibility index (Phi) is 2.64. The predicted molar refractivity (Wildman–Crippen MR) is 58.0 cm³/mol. The molecule has 1 unspecified atom stereocenters. The van der Waals surface area contributed by atoms with Crippen LogP contribution in [0.2, 0.25) is 5.02 Å². The molecule has 78 valence electrons. The van der Waals surface area contributed by atoms with E-state index in [0.717, 1.165) is 11.3 Å². The smallest absolute Gasteiger partial charge is 0.243 e. The highest BCUT2D eigenvalue weighted by Gasteiger charge is 2.27. The fourth-order valence-electron chi connectivity index (χ4n) is 1.58. The molecule has 0 saturated heterocycles. The van der Waals surface area contributed by atoms with Gasteiger partial charge in [-0.2, -0.15) is 0 Å². The molecule has 1 aliphatic rings. The number of fused-ring (bicyclic) bond motifs is 1. The summed E-state index contributed by atoms with van der Waals surface area (Å²) in [6, 6.07) is 5.25. The maximum Gasteiger partial charge on any atom is 0.243 e. The van der Waals surface area contributed by atoms with Crippen LogP contribution in [0.1, 0.15) is 11.6 Å². The van der Waals surface area contributed by atoms with Crippen LogP contribution in [0.4, 0.5) is 0 Å². The number of carbonyl (C=O) groups is 1. The van der Waals surface area contributed by atoms with Crippen LogP contribution in [0.15, 0.2) is 30.9 Å². The van der Waals surface area contributed by atoms with Gasteiger partial charge in [0.2, 0.25) is 5.91 Å². The first-order valence-electron chi connectivity index (χ1n) is 4.56. The van der Waals surface area contributed by atoms with Crippen molar-refractivity contribution in [1.82, 2.24) is 5.32 Å². The molecule has 0 aromatic heterocycles. The Bertz CT molecular complexity index is 417. The number of nitrogens with one attached hydrogen (secondary N) is 1. The lowest BCUT2D eigenvalue weighted by molar-refractivity contribution is -0.117. The molecule has 0 bridgehead atoms. The first-order chi connectivity index (χ1) is 7.22. The number of rotatable bonds is 2. The van der Waals surface area contributed by atoms with E-state index in [1.54, 1.807) is 6.07 Å². The second kappa shape index (κ2) is 3.95. The Hall–Kier alpha value is -1.48. The largest absolute Gasteiger partial charge is 0.491 e. The van der Waals surface area contributed by atoms with Crippen LogP contribution < -0.4 is 10.1 Å². The number of amides is 1. The van der Waals surface area contributed by atoms with E-state index in [-0.39, 0.29) is 11.9 Å². The SMILES string of the molecule is C=CC(=O)NC1COc2cccc(Cl)c21. The third-order valence-electron chi connectivity index (χ3n) is 2.27. The molecular formula is C11H10ClNO2. The minimum absolute atomic E-state index is 0.181. The van der Waals surface area contributed by atoms with E-state index in [1.165, 1.54) is 6.08 Å². The van der Waals surface area contributed by atoms with Gasteiger partial charge in [0.15, 0.2) is 0 Å². The van der Waals surface area contributed by atoms with E-state index in [9.17, 15) is 4.79 Å². The molecule has 1 heterocycles. The Balaban J connectivity index is 2.27. The Morgan fingerprint density at radius 2 is 2.47 bits per heavy atom. The molecule has 1 N–H and O–H groups in total. The average molecular weight is 224 g/mol. The minimum atomic E-state index is -0.226. The van der Waals surface area contributed by atoms with Crippen LogP contribution in [-0.4, -0.2) is 12.5 Å². The van der Waals surface area contributed by atoms with Crippen molar-refractivity contribution in [2.24, 2.45) is 0 Å². The first-order valence-corrected chi connectivity index (χ1v) is 4.94. The van der Waals surface area contributed by atoms with E-state index in [4.69, 9.17) is 16.3 Å². The van der Waals surface area contributed by atoms with E-state index < -0.39 is 0 Å². The van der Waals surface area contributed by atoms with Gasteiger partial charge < -0.3 is 10.1 Å². The van der Waals surface area contributed by atoms with Gasteiger partial charge in [0, 0.05) is 10.6 Å². The van der Waals surface area contributed by atoms with Crippen LogP contribution in [-0.2, 0) is 4.79 Å². The molecule has 0 fully saturated rings. The van der Waals surface area contributed by atoms with Crippen LogP contribution in [0.25, 0.3) is 0 Å². The number of ether oxygens (including phenoxy) is 1. The number of halogens is 1. The molecule has 4 heteroatoms. The third kappa shape index (κ3) is 1.83. The normalized spacial score (nSPS) is 17.8. The lowest BCUT2D eigenvalue weighted by Crippen LogP contribution is -2.27. The first kappa shape index (κ1) is 10.1. The Morgan fingerprint density at radius 1 is 1.67 bits per heavy atom. The van der Waals surface area contributed by atoms with Crippen molar-refractivity contribution >= 4 is 17.5 Å². The zero-order valence-electron chi connectivity index (χ0n) is 8.00. The summed E-state index contributed by atoms with van der Waals surface area (Å²) in [5.74, 6) is 0.508. The van der Waals surface area contributed by atoms with Gasteiger partial charge in [-0.25, -0.2) is 0 Å². The van der Waals surface area contributed by atoms with Gasteiger partial charge in [-0.3, -0.25) is 4.79 Å². The molecule has 1 aromatic rings. The van der Waals surface area contributed by atoms with Gasteiger partial charge in [0.05, 0.1) is 6.04 Å². The zero-order chi connectivity index (χ0) is 10.8. The van der Waals surface area contributed by atoms with Gasteiger partial charge in [-0.1, -0.05) is 24.2 Å². The molecule has 1 amide bonds. The van der Waals surface area contributed by atoms with Crippen molar-refractivity contribution < 1.29 is 9.53 Å². The summed E-state index contributed by atoms with van der Waals surface area (Å²) < 4.78 is 5.40. The highest BCUT2D eigenvalue weighted by molar-refractivity contribution is 6.31. The van der Waals surface area contributed by atoms with Crippen molar-refractivity contribution in [3.8, 4) is 5.75 Å². The molecule has 1 atom stereocenters. The van der Waals surface area contributed by atoms with Gasteiger partial charge in [0.25, 0.3) is 0 Å². The summed E-state index contributed by atoms with van der Waals surface area (Å²) in [6.45, 7) is 3.81. The molecule has 15 heavy (non-hydrogen) atoms. The molecular weight excluding hydrogens is 214 g/mol. The van der Waals surface area contributed by atoms with Crippen molar-refractivity contribution in [1.29, 1.82) is 0 Å². The number of carbonyl (C=O) groups excluding carboxylic acids is 1. The van der Waals surface area contributed by atoms with Crippen LogP contribution in [0, 0.1) is 0 Å². The summed E-state index contributed by atoms with van der Waals surface area (Å²) in [5, 5.41) is 3.37. The Morgan fingerprint density at radius 3 is 3.20 bits per heavy atom. The number of hydrogen-bond acceptors (Lipinski definition) is 2. The van der Waals surface area contributed by atoms with Crippen LogP contribution in [0.3, 0.4) is 0 Å². The number of benzene rings is 1. The van der Waals surface area contributed by atoms with Gasteiger partial charge in [0.1, 0.15) is 12.4 Å². The molecule has 0 radical (unpaired) electrons. The molecule has 1 aliphatic heterocycles. The maximum atomic E-state index is 11.2. The molecule has 0 spiro atoms. The van der Waals surface area contributed by atoms with Gasteiger partial charge in [-0.15, -0.1) is 0 Å². The fourth-order valence-corrected chi connectivity index (χ4v) is 1.88. The summed E-state index contributed by atoms with van der Waals surface area (Å²) in [7, 11) is 0. The summed E-state index contributed by atoms with van der Waals surface area (Å²) in [6.07, 6.45) is 1.23. The van der Waals surface area contributed by atoms with Crippen molar-refractivity contribution in [3.05, 3.63) is 41.4 Å². The second-order valence-corrected chi connectivity index (χ2v) is 3.64. The highest BCUT2D eigenvalue weighted by Crippen LogP contribution is 2.37.